The van der Waals surface area contributed by atoms with E-state index in [-0.39, 0.29) is 18.1 Å². The Balaban J connectivity index is 1.79. The first-order valence-electron chi connectivity index (χ1n) is 7.22. The van der Waals surface area contributed by atoms with Gasteiger partial charge in [0.25, 0.3) is 0 Å². The average molecular weight is 277 g/mol. The molecule has 0 aromatic carbocycles. The van der Waals surface area contributed by atoms with Crippen molar-refractivity contribution in [2.24, 2.45) is 5.92 Å². The van der Waals surface area contributed by atoms with Gasteiger partial charge in [0.2, 0.25) is 0 Å². The van der Waals surface area contributed by atoms with Crippen molar-refractivity contribution in [2.45, 2.75) is 38.8 Å². The van der Waals surface area contributed by atoms with Crippen molar-refractivity contribution in [3.63, 3.8) is 0 Å². The van der Waals surface area contributed by atoms with E-state index in [9.17, 15) is 4.79 Å². The average Bonchev–Trinajstić information content (AvgIpc) is 2.49. The number of amides is 2. The van der Waals surface area contributed by atoms with Gasteiger partial charge in [0.1, 0.15) is 0 Å². The molecule has 2 rings (SSSR count). The molecule has 1 aromatic rings. The van der Waals surface area contributed by atoms with Crippen molar-refractivity contribution in [3.05, 3.63) is 30.1 Å². The first kappa shape index (κ1) is 14.8. The van der Waals surface area contributed by atoms with Gasteiger partial charge in [-0.2, -0.15) is 0 Å². The summed E-state index contributed by atoms with van der Waals surface area (Å²) in [7, 11) is 0. The van der Waals surface area contributed by atoms with Crippen LogP contribution in [0.3, 0.4) is 0 Å². The molecule has 1 aliphatic rings. The number of carbonyl (C=O) groups excluding carboxylic acids is 1. The molecule has 2 amide bonds. The van der Waals surface area contributed by atoms with Gasteiger partial charge < -0.3 is 15.4 Å². The second kappa shape index (κ2) is 7.24. The maximum absolute atomic E-state index is 12.0. The van der Waals surface area contributed by atoms with Crippen molar-refractivity contribution in [2.75, 3.05) is 13.2 Å². The molecule has 2 N–H and O–H groups in total. The third-order valence-electron chi connectivity index (χ3n) is 3.81. The van der Waals surface area contributed by atoms with Crippen LogP contribution in [0.5, 0.6) is 0 Å². The largest absolute Gasteiger partial charge is 0.381 e. The smallest absolute Gasteiger partial charge is 0.315 e. The Morgan fingerprint density at radius 1 is 1.30 bits per heavy atom. The first-order valence-corrected chi connectivity index (χ1v) is 7.22. The number of ether oxygens (including phenoxy) is 1. The Hall–Kier alpha value is -1.62. The van der Waals surface area contributed by atoms with Crippen LogP contribution in [-0.4, -0.2) is 30.3 Å². The molecule has 5 nitrogen and oxygen atoms in total. The lowest BCUT2D eigenvalue weighted by atomic mass is 9.93. The molecule has 5 heteroatoms. The molecule has 0 bridgehead atoms. The minimum atomic E-state index is -0.137. The molecular weight excluding hydrogens is 254 g/mol. The second-order valence-electron chi connectivity index (χ2n) is 5.33. The lowest BCUT2D eigenvalue weighted by molar-refractivity contribution is 0.0570. The molecule has 0 spiro atoms. The highest BCUT2D eigenvalue weighted by molar-refractivity contribution is 5.74. The Labute approximate surface area is 120 Å². The SMILES string of the molecule is CC(NC(=O)NC(C)C1CCOCC1)c1ccccn1. The zero-order valence-electron chi connectivity index (χ0n) is 12.1. The number of nitrogens with zero attached hydrogens (tertiary/aromatic N) is 1. The number of carbonyl (C=O) groups is 1. The van der Waals surface area contributed by atoms with Crippen molar-refractivity contribution in [3.8, 4) is 0 Å². The summed E-state index contributed by atoms with van der Waals surface area (Å²) in [5.74, 6) is 0.500. The van der Waals surface area contributed by atoms with Crippen LogP contribution < -0.4 is 10.6 Å². The van der Waals surface area contributed by atoms with Crippen LogP contribution in [0.1, 0.15) is 38.4 Å². The summed E-state index contributed by atoms with van der Waals surface area (Å²) in [6, 6.07) is 5.62. The molecule has 1 saturated heterocycles. The van der Waals surface area contributed by atoms with E-state index in [1.165, 1.54) is 0 Å². The zero-order chi connectivity index (χ0) is 14.4. The van der Waals surface area contributed by atoms with Gasteiger partial charge in [0.05, 0.1) is 11.7 Å². The molecule has 1 aliphatic heterocycles. The van der Waals surface area contributed by atoms with E-state index in [0.717, 1.165) is 31.7 Å². The van der Waals surface area contributed by atoms with E-state index < -0.39 is 0 Å². The summed E-state index contributed by atoms with van der Waals surface area (Å²) in [4.78, 5) is 16.2. The summed E-state index contributed by atoms with van der Waals surface area (Å²) in [6.07, 6.45) is 3.75. The fraction of sp³-hybridized carbons (Fsp3) is 0.600. The van der Waals surface area contributed by atoms with Crippen LogP contribution in [0.4, 0.5) is 4.79 Å². The Morgan fingerprint density at radius 2 is 2.05 bits per heavy atom. The van der Waals surface area contributed by atoms with E-state index >= 15 is 0 Å². The highest BCUT2D eigenvalue weighted by atomic mass is 16.5. The topological polar surface area (TPSA) is 63.2 Å². The van der Waals surface area contributed by atoms with E-state index in [4.69, 9.17) is 4.74 Å². The van der Waals surface area contributed by atoms with Crippen molar-refractivity contribution < 1.29 is 9.53 Å². The van der Waals surface area contributed by atoms with Crippen molar-refractivity contribution in [1.82, 2.24) is 15.6 Å². The fourth-order valence-electron chi connectivity index (χ4n) is 2.48. The van der Waals surface area contributed by atoms with Gasteiger partial charge >= 0.3 is 6.03 Å². The van der Waals surface area contributed by atoms with Gasteiger partial charge in [-0.05, 0) is 44.7 Å². The lowest BCUT2D eigenvalue weighted by Gasteiger charge is -2.28. The predicted octanol–water partition coefficient (Wildman–Crippen LogP) is 2.26. The van der Waals surface area contributed by atoms with Crippen LogP contribution in [0, 0.1) is 5.92 Å². The quantitative estimate of drug-likeness (QED) is 0.887. The standard InChI is InChI=1S/C15H23N3O2/c1-11(13-6-9-20-10-7-13)17-15(19)18-12(2)14-5-3-4-8-16-14/h3-5,8,11-13H,6-7,9-10H2,1-2H3,(H2,17,18,19). The van der Waals surface area contributed by atoms with Crippen LogP contribution >= 0.6 is 0 Å². The minimum absolute atomic E-state index is 0.0990. The highest BCUT2D eigenvalue weighted by Gasteiger charge is 2.22. The van der Waals surface area contributed by atoms with Gasteiger partial charge in [-0.15, -0.1) is 0 Å². The first-order chi connectivity index (χ1) is 9.66. The predicted molar refractivity (Wildman–Crippen MR) is 77.3 cm³/mol. The van der Waals surface area contributed by atoms with Gasteiger partial charge in [0.15, 0.2) is 0 Å². The van der Waals surface area contributed by atoms with Crippen molar-refractivity contribution >= 4 is 6.03 Å². The number of pyridine rings is 1. The third-order valence-corrected chi connectivity index (χ3v) is 3.81. The molecule has 2 atom stereocenters. The molecule has 110 valence electrons. The molecule has 0 aliphatic carbocycles. The number of nitrogens with one attached hydrogen (secondary N) is 2. The van der Waals surface area contributed by atoms with Crippen LogP contribution in [-0.2, 0) is 4.74 Å². The summed E-state index contributed by atoms with van der Waals surface area (Å²) >= 11 is 0. The number of aromatic nitrogens is 1. The minimum Gasteiger partial charge on any atom is -0.381 e. The number of urea groups is 1. The molecule has 2 heterocycles. The normalized spacial score (nSPS) is 19.1. The highest BCUT2D eigenvalue weighted by Crippen LogP contribution is 2.18. The molecule has 0 radical (unpaired) electrons. The van der Waals surface area contributed by atoms with E-state index in [2.05, 4.69) is 22.5 Å². The summed E-state index contributed by atoms with van der Waals surface area (Å²) in [5, 5.41) is 5.94. The maximum atomic E-state index is 12.0. The van der Waals surface area contributed by atoms with Crippen molar-refractivity contribution in [1.29, 1.82) is 0 Å². The Bertz CT molecular complexity index is 418. The van der Waals surface area contributed by atoms with Gasteiger partial charge in [-0.25, -0.2) is 4.79 Å². The molecule has 1 fully saturated rings. The number of rotatable bonds is 4. The molecule has 0 saturated carbocycles. The second-order valence-corrected chi connectivity index (χ2v) is 5.33. The van der Waals surface area contributed by atoms with Gasteiger partial charge in [-0.1, -0.05) is 6.07 Å². The lowest BCUT2D eigenvalue weighted by Crippen LogP contribution is -2.46. The zero-order valence-corrected chi connectivity index (χ0v) is 12.1. The van der Waals surface area contributed by atoms with E-state index in [1.54, 1.807) is 6.20 Å². The summed E-state index contributed by atoms with van der Waals surface area (Å²) in [5.41, 5.74) is 0.862. The molecular formula is C15H23N3O2. The van der Waals surface area contributed by atoms with Gasteiger partial charge in [0, 0.05) is 25.5 Å². The Kier molecular flexibility index (Phi) is 5.35. The molecule has 1 aromatic heterocycles. The van der Waals surface area contributed by atoms with Crippen LogP contribution in [0.2, 0.25) is 0 Å². The summed E-state index contributed by atoms with van der Waals surface area (Å²) < 4.78 is 5.34. The maximum Gasteiger partial charge on any atom is 0.315 e. The third kappa shape index (κ3) is 4.20. The molecule has 2 unspecified atom stereocenters. The van der Waals surface area contributed by atoms with E-state index in [1.807, 2.05) is 25.1 Å². The van der Waals surface area contributed by atoms with Crippen LogP contribution in [0.15, 0.2) is 24.4 Å². The number of hydrogen-bond acceptors (Lipinski definition) is 3. The summed E-state index contributed by atoms with van der Waals surface area (Å²) in [6.45, 7) is 5.58. The van der Waals surface area contributed by atoms with Gasteiger partial charge in [-0.3, -0.25) is 4.98 Å². The fourth-order valence-corrected chi connectivity index (χ4v) is 2.48. The number of hydrogen-bond donors (Lipinski definition) is 2. The van der Waals surface area contributed by atoms with E-state index in [0.29, 0.717) is 5.92 Å². The monoisotopic (exact) mass is 277 g/mol. The Morgan fingerprint density at radius 3 is 2.70 bits per heavy atom. The molecule has 20 heavy (non-hydrogen) atoms. The van der Waals surface area contributed by atoms with Crippen LogP contribution in [0.25, 0.3) is 0 Å².